The van der Waals surface area contributed by atoms with Gasteiger partial charge in [0.15, 0.2) is 0 Å². The molecular weight excluding hydrogens is 242 g/mol. The van der Waals surface area contributed by atoms with Crippen molar-refractivity contribution in [1.82, 2.24) is 9.47 Å². The smallest absolute Gasteiger partial charge is 0.251 e. The number of carbonyl (C=O) groups is 1. The predicted octanol–water partition coefficient (Wildman–Crippen LogP) is 1.32. The Morgan fingerprint density at radius 2 is 2.00 bits per heavy atom. The monoisotopic (exact) mass is 265 g/mol. The Kier molecular flexibility index (Phi) is 5.15. The number of nitrogens with two attached hydrogens (primary N) is 1. The molecule has 1 aromatic rings. The topological polar surface area (TPSA) is 68.3 Å². The lowest BCUT2D eigenvalue weighted by Crippen LogP contribution is -2.39. The summed E-state index contributed by atoms with van der Waals surface area (Å²) >= 11 is 0. The van der Waals surface area contributed by atoms with E-state index >= 15 is 0 Å². The molecular formula is C14H23N3O2. The van der Waals surface area contributed by atoms with E-state index in [0.717, 1.165) is 6.42 Å². The van der Waals surface area contributed by atoms with Crippen LogP contribution in [0.3, 0.4) is 0 Å². The normalized spacial score (nSPS) is 12.5. The number of hydrogen-bond acceptors (Lipinski definition) is 3. The second-order valence-corrected chi connectivity index (χ2v) is 5.41. The first-order chi connectivity index (χ1) is 8.81. The third-order valence-electron chi connectivity index (χ3n) is 3.18. The molecule has 1 aromatic heterocycles. The van der Waals surface area contributed by atoms with Gasteiger partial charge in [0.2, 0.25) is 5.91 Å². The summed E-state index contributed by atoms with van der Waals surface area (Å²) in [7, 11) is 1.77. The van der Waals surface area contributed by atoms with E-state index in [0.29, 0.717) is 11.6 Å². The van der Waals surface area contributed by atoms with E-state index in [1.807, 2.05) is 6.92 Å². The molecule has 0 aliphatic heterocycles. The number of nitrogens with zero attached hydrogens (tertiary/aromatic N) is 2. The first kappa shape index (κ1) is 15.3. The maximum atomic E-state index is 12.1. The van der Waals surface area contributed by atoms with Crippen LogP contribution in [-0.2, 0) is 11.3 Å². The van der Waals surface area contributed by atoms with Crippen LogP contribution in [-0.4, -0.2) is 28.5 Å². The molecule has 0 aliphatic carbocycles. The summed E-state index contributed by atoms with van der Waals surface area (Å²) in [5.74, 6) is 0.446. The summed E-state index contributed by atoms with van der Waals surface area (Å²) < 4.78 is 1.34. The van der Waals surface area contributed by atoms with Crippen LogP contribution in [0.5, 0.6) is 0 Å². The highest BCUT2D eigenvalue weighted by Gasteiger charge is 2.17. The van der Waals surface area contributed by atoms with Crippen LogP contribution in [0.4, 0.5) is 5.69 Å². The van der Waals surface area contributed by atoms with E-state index in [-0.39, 0.29) is 24.1 Å². The van der Waals surface area contributed by atoms with Crippen molar-refractivity contribution in [2.24, 2.45) is 5.92 Å². The van der Waals surface area contributed by atoms with Gasteiger partial charge in [-0.15, -0.1) is 0 Å². The standard InChI is InChI=1S/C14H23N3O2/c1-10(2)7-11(3)16(4)14(19)9-17-8-12(15)5-6-13(17)18/h5-6,8,10-11H,7,9,15H2,1-4H3. The van der Waals surface area contributed by atoms with Crippen molar-refractivity contribution in [3.63, 3.8) is 0 Å². The molecule has 1 atom stereocenters. The van der Waals surface area contributed by atoms with E-state index in [9.17, 15) is 9.59 Å². The zero-order chi connectivity index (χ0) is 14.6. The van der Waals surface area contributed by atoms with Crippen molar-refractivity contribution < 1.29 is 4.79 Å². The number of anilines is 1. The lowest BCUT2D eigenvalue weighted by Gasteiger charge is -2.26. The van der Waals surface area contributed by atoms with Crippen LogP contribution in [0.1, 0.15) is 27.2 Å². The van der Waals surface area contributed by atoms with Crippen LogP contribution in [0, 0.1) is 5.92 Å². The van der Waals surface area contributed by atoms with Gasteiger partial charge in [-0.2, -0.15) is 0 Å². The van der Waals surface area contributed by atoms with Gasteiger partial charge in [-0.1, -0.05) is 13.8 Å². The van der Waals surface area contributed by atoms with E-state index in [2.05, 4.69) is 13.8 Å². The predicted molar refractivity (Wildman–Crippen MR) is 76.8 cm³/mol. The Hall–Kier alpha value is -1.78. The lowest BCUT2D eigenvalue weighted by atomic mass is 10.0. The Balaban J connectivity index is 2.74. The van der Waals surface area contributed by atoms with E-state index in [4.69, 9.17) is 5.73 Å². The van der Waals surface area contributed by atoms with Crippen molar-refractivity contribution in [2.75, 3.05) is 12.8 Å². The second-order valence-electron chi connectivity index (χ2n) is 5.41. The Bertz CT molecular complexity index is 494. The summed E-state index contributed by atoms with van der Waals surface area (Å²) in [5, 5.41) is 0. The molecule has 0 radical (unpaired) electrons. The molecule has 5 heteroatoms. The van der Waals surface area contributed by atoms with Gasteiger partial charge in [0.1, 0.15) is 6.54 Å². The van der Waals surface area contributed by atoms with Crippen LogP contribution in [0.25, 0.3) is 0 Å². The van der Waals surface area contributed by atoms with Gasteiger partial charge in [0.25, 0.3) is 5.56 Å². The molecule has 1 heterocycles. The molecule has 0 saturated heterocycles. The fourth-order valence-electron chi connectivity index (χ4n) is 2.02. The number of likely N-dealkylation sites (N-methyl/N-ethyl adjacent to an activating group) is 1. The quantitative estimate of drug-likeness (QED) is 0.873. The van der Waals surface area contributed by atoms with Gasteiger partial charge < -0.3 is 15.2 Å². The van der Waals surface area contributed by atoms with E-state index in [1.54, 1.807) is 11.9 Å². The molecule has 0 fully saturated rings. The van der Waals surface area contributed by atoms with Crippen LogP contribution in [0.15, 0.2) is 23.1 Å². The summed E-state index contributed by atoms with van der Waals surface area (Å²) in [6.45, 7) is 6.29. The average molecular weight is 265 g/mol. The Morgan fingerprint density at radius 1 is 1.37 bits per heavy atom. The highest BCUT2D eigenvalue weighted by Crippen LogP contribution is 2.10. The van der Waals surface area contributed by atoms with Gasteiger partial charge >= 0.3 is 0 Å². The molecule has 1 rings (SSSR count). The van der Waals surface area contributed by atoms with Gasteiger partial charge in [-0.3, -0.25) is 9.59 Å². The van der Waals surface area contributed by atoms with Crippen LogP contribution in [0.2, 0.25) is 0 Å². The largest absolute Gasteiger partial charge is 0.398 e. The number of aromatic nitrogens is 1. The highest BCUT2D eigenvalue weighted by atomic mass is 16.2. The summed E-state index contributed by atoms with van der Waals surface area (Å²) in [4.78, 5) is 25.4. The van der Waals surface area contributed by atoms with Gasteiger partial charge in [0.05, 0.1) is 0 Å². The zero-order valence-electron chi connectivity index (χ0n) is 12.1. The number of carbonyl (C=O) groups excluding carboxylic acids is 1. The minimum atomic E-state index is -0.215. The molecule has 19 heavy (non-hydrogen) atoms. The van der Waals surface area contributed by atoms with Gasteiger partial charge in [-0.25, -0.2) is 0 Å². The maximum Gasteiger partial charge on any atom is 0.251 e. The number of hydrogen-bond donors (Lipinski definition) is 1. The molecule has 0 saturated carbocycles. The fraction of sp³-hybridized carbons (Fsp3) is 0.571. The molecule has 1 unspecified atom stereocenters. The first-order valence-electron chi connectivity index (χ1n) is 6.53. The summed E-state index contributed by atoms with van der Waals surface area (Å²) in [6, 6.07) is 3.07. The average Bonchev–Trinajstić information content (AvgIpc) is 2.31. The van der Waals surface area contributed by atoms with Gasteiger partial charge in [0, 0.05) is 31.0 Å². The number of rotatable bonds is 5. The van der Waals surface area contributed by atoms with Crippen molar-refractivity contribution in [3.8, 4) is 0 Å². The van der Waals surface area contributed by atoms with Crippen LogP contribution >= 0.6 is 0 Å². The van der Waals surface area contributed by atoms with Crippen molar-refractivity contribution in [1.29, 1.82) is 0 Å². The molecule has 106 valence electrons. The summed E-state index contributed by atoms with van der Waals surface area (Å²) in [6.07, 6.45) is 2.44. The second kappa shape index (κ2) is 6.41. The fourth-order valence-corrected chi connectivity index (χ4v) is 2.02. The molecule has 0 aromatic carbocycles. The molecule has 2 N–H and O–H groups in total. The number of nitrogen functional groups attached to an aromatic ring is 1. The molecule has 0 aliphatic rings. The third kappa shape index (κ3) is 4.43. The maximum absolute atomic E-state index is 12.1. The van der Waals surface area contributed by atoms with E-state index < -0.39 is 0 Å². The van der Waals surface area contributed by atoms with Crippen molar-refractivity contribution in [3.05, 3.63) is 28.7 Å². The number of amides is 1. The van der Waals surface area contributed by atoms with Gasteiger partial charge in [-0.05, 0) is 25.3 Å². The van der Waals surface area contributed by atoms with Crippen LogP contribution < -0.4 is 11.3 Å². The van der Waals surface area contributed by atoms with Crippen molar-refractivity contribution >= 4 is 11.6 Å². The Labute approximate surface area is 114 Å². The number of pyridine rings is 1. The molecule has 0 bridgehead atoms. The van der Waals surface area contributed by atoms with E-state index in [1.165, 1.54) is 22.9 Å². The third-order valence-corrected chi connectivity index (χ3v) is 3.18. The SMILES string of the molecule is CC(C)CC(C)N(C)C(=O)Cn1cc(N)ccc1=O. The molecule has 5 nitrogen and oxygen atoms in total. The molecule has 0 spiro atoms. The minimum absolute atomic E-state index is 0.0306. The first-order valence-corrected chi connectivity index (χ1v) is 6.53. The lowest BCUT2D eigenvalue weighted by molar-refractivity contribution is -0.132. The molecule has 1 amide bonds. The minimum Gasteiger partial charge on any atom is -0.398 e. The summed E-state index contributed by atoms with van der Waals surface area (Å²) in [5.41, 5.74) is 5.88. The van der Waals surface area contributed by atoms with Crippen molar-refractivity contribution in [2.45, 2.75) is 39.8 Å². The highest BCUT2D eigenvalue weighted by molar-refractivity contribution is 5.76. The Morgan fingerprint density at radius 3 is 2.58 bits per heavy atom. The zero-order valence-corrected chi connectivity index (χ0v) is 12.1.